The Kier molecular flexibility index (Phi) is 2.56. The van der Waals surface area contributed by atoms with Crippen molar-refractivity contribution in [2.24, 2.45) is 0 Å². The predicted octanol–water partition coefficient (Wildman–Crippen LogP) is 1.67. The molecule has 0 saturated heterocycles. The number of aryl methyl sites for hydroxylation is 1. The standard InChI is InChI=1S/C10H13NO2/c1-6-4-8(10(12)13-3)5-9(11)7(6)2/h4-5H,11H2,1-3H3. The lowest BCUT2D eigenvalue weighted by Crippen LogP contribution is -2.04. The molecule has 0 aromatic heterocycles. The van der Waals surface area contributed by atoms with Crippen LogP contribution in [-0.4, -0.2) is 13.1 Å². The van der Waals surface area contributed by atoms with Crippen LogP contribution < -0.4 is 5.73 Å². The van der Waals surface area contributed by atoms with Crippen LogP contribution in [0.1, 0.15) is 21.5 Å². The van der Waals surface area contributed by atoms with Crippen LogP contribution in [0.25, 0.3) is 0 Å². The van der Waals surface area contributed by atoms with Crippen molar-refractivity contribution in [2.75, 3.05) is 12.8 Å². The molecule has 0 aliphatic carbocycles. The van der Waals surface area contributed by atoms with Crippen molar-refractivity contribution in [2.45, 2.75) is 13.8 Å². The Morgan fingerprint density at radius 3 is 2.46 bits per heavy atom. The molecule has 0 amide bonds. The highest BCUT2D eigenvalue weighted by Gasteiger charge is 2.08. The Balaban J connectivity index is 3.20. The van der Waals surface area contributed by atoms with E-state index in [2.05, 4.69) is 4.74 Å². The van der Waals surface area contributed by atoms with Gasteiger partial charge in [0, 0.05) is 5.69 Å². The van der Waals surface area contributed by atoms with Crippen molar-refractivity contribution in [1.29, 1.82) is 0 Å². The third-order valence-electron chi connectivity index (χ3n) is 2.13. The highest BCUT2D eigenvalue weighted by atomic mass is 16.5. The van der Waals surface area contributed by atoms with E-state index < -0.39 is 0 Å². The molecule has 3 nitrogen and oxygen atoms in total. The lowest BCUT2D eigenvalue weighted by Gasteiger charge is -2.06. The van der Waals surface area contributed by atoms with E-state index in [-0.39, 0.29) is 5.97 Å². The summed E-state index contributed by atoms with van der Waals surface area (Å²) in [7, 11) is 1.35. The summed E-state index contributed by atoms with van der Waals surface area (Å²) < 4.78 is 4.59. The molecule has 0 aliphatic heterocycles. The van der Waals surface area contributed by atoms with Gasteiger partial charge < -0.3 is 10.5 Å². The van der Waals surface area contributed by atoms with Crippen LogP contribution in [0.15, 0.2) is 12.1 Å². The summed E-state index contributed by atoms with van der Waals surface area (Å²) in [6, 6.07) is 3.41. The van der Waals surface area contributed by atoms with E-state index in [1.807, 2.05) is 13.8 Å². The molecule has 1 rings (SSSR count). The maximum absolute atomic E-state index is 11.2. The minimum Gasteiger partial charge on any atom is -0.465 e. The molecule has 70 valence electrons. The summed E-state index contributed by atoms with van der Waals surface area (Å²) in [6.45, 7) is 3.84. The smallest absolute Gasteiger partial charge is 0.337 e. The zero-order valence-corrected chi connectivity index (χ0v) is 8.05. The van der Waals surface area contributed by atoms with Gasteiger partial charge >= 0.3 is 5.97 Å². The molecule has 13 heavy (non-hydrogen) atoms. The van der Waals surface area contributed by atoms with E-state index in [0.717, 1.165) is 11.1 Å². The number of methoxy groups -OCH3 is 1. The fourth-order valence-corrected chi connectivity index (χ4v) is 1.12. The van der Waals surface area contributed by atoms with E-state index in [1.54, 1.807) is 12.1 Å². The van der Waals surface area contributed by atoms with Crippen LogP contribution >= 0.6 is 0 Å². The number of carbonyl (C=O) groups is 1. The maximum atomic E-state index is 11.2. The monoisotopic (exact) mass is 179 g/mol. The number of rotatable bonds is 1. The molecule has 0 unspecified atom stereocenters. The van der Waals surface area contributed by atoms with Gasteiger partial charge in [-0.05, 0) is 37.1 Å². The van der Waals surface area contributed by atoms with Gasteiger partial charge in [-0.25, -0.2) is 4.79 Å². The molecule has 0 fully saturated rings. The number of nitrogens with two attached hydrogens (primary N) is 1. The molecular weight excluding hydrogens is 166 g/mol. The highest BCUT2D eigenvalue weighted by molar-refractivity contribution is 5.91. The second-order valence-electron chi connectivity index (χ2n) is 3.00. The molecule has 0 spiro atoms. The third-order valence-corrected chi connectivity index (χ3v) is 2.13. The molecule has 0 radical (unpaired) electrons. The molecule has 0 heterocycles. The molecule has 0 atom stereocenters. The number of esters is 1. The van der Waals surface area contributed by atoms with Crippen molar-refractivity contribution in [3.63, 3.8) is 0 Å². The molecule has 1 aromatic rings. The van der Waals surface area contributed by atoms with E-state index >= 15 is 0 Å². The van der Waals surface area contributed by atoms with E-state index in [9.17, 15) is 4.79 Å². The van der Waals surface area contributed by atoms with Crippen LogP contribution in [0.3, 0.4) is 0 Å². The van der Waals surface area contributed by atoms with Crippen LogP contribution in [0.5, 0.6) is 0 Å². The summed E-state index contributed by atoms with van der Waals surface area (Å²) in [4.78, 5) is 11.2. The number of anilines is 1. The van der Waals surface area contributed by atoms with E-state index in [1.165, 1.54) is 7.11 Å². The molecule has 3 heteroatoms. The zero-order chi connectivity index (χ0) is 10.0. The Bertz CT molecular complexity index is 322. The first kappa shape index (κ1) is 9.58. The zero-order valence-electron chi connectivity index (χ0n) is 8.05. The summed E-state index contributed by atoms with van der Waals surface area (Å²) in [6.07, 6.45) is 0. The topological polar surface area (TPSA) is 52.3 Å². The van der Waals surface area contributed by atoms with Crippen molar-refractivity contribution < 1.29 is 9.53 Å². The van der Waals surface area contributed by atoms with E-state index in [4.69, 9.17) is 5.73 Å². The second-order valence-corrected chi connectivity index (χ2v) is 3.00. The fraction of sp³-hybridized carbons (Fsp3) is 0.300. The molecule has 2 N–H and O–H groups in total. The van der Waals surface area contributed by atoms with Crippen LogP contribution in [-0.2, 0) is 4.74 Å². The average molecular weight is 179 g/mol. The fourth-order valence-electron chi connectivity index (χ4n) is 1.12. The minimum atomic E-state index is -0.352. The van der Waals surface area contributed by atoms with Gasteiger partial charge in [-0.2, -0.15) is 0 Å². The molecule has 0 aliphatic rings. The number of carbonyl (C=O) groups excluding carboxylic acids is 1. The molecular formula is C10H13NO2. The number of hydrogen-bond acceptors (Lipinski definition) is 3. The SMILES string of the molecule is COC(=O)c1cc(C)c(C)c(N)c1. The normalized spacial score (nSPS) is 9.77. The third kappa shape index (κ3) is 1.80. The van der Waals surface area contributed by atoms with Gasteiger partial charge in [0.05, 0.1) is 12.7 Å². The first-order valence-corrected chi connectivity index (χ1v) is 4.01. The lowest BCUT2D eigenvalue weighted by atomic mass is 10.0. The van der Waals surface area contributed by atoms with Crippen LogP contribution in [0.4, 0.5) is 5.69 Å². The van der Waals surface area contributed by atoms with Crippen molar-refractivity contribution in [3.05, 3.63) is 28.8 Å². The summed E-state index contributed by atoms with van der Waals surface area (Å²) in [5.41, 5.74) is 8.84. The summed E-state index contributed by atoms with van der Waals surface area (Å²) in [5, 5.41) is 0. The Morgan fingerprint density at radius 1 is 1.38 bits per heavy atom. The van der Waals surface area contributed by atoms with Gasteiger partial charge in [0.2, 0.25) is 0 Å². The Labute approximate surface area is 77.5 Å². The number of benzene rings is 1. The van der Waals surface area contributed by atoms with Gasteiger partial charge in [-0.1, -0.05) is 0 Å². The van der Waals surface area contributed by atoms with Gasteiger partial charge in [0.1, 0.15) is 0 Å². The van der Waals surface area contributed by atoms with Gasteiger partial charge in [0.25, 0.3) is 0 Å². The van der Waals surface area contributed by atoms with Crippen molar-refractivity contribution in [1.82, 2.24) is 0 Å². The second kappa shape index (κ2) is 3.47. The largest absolute Gasteiger partial charge is 0.465 e. The van der Waals surface area contributed by atoms with Gasteiger partial charge in [-0.15, -0.1) is 0 Å². The van der Waals surface area contributed by atoms with Gasteiger partial charge in [-0.3, -0.25) is 0 Å². The summed E-state index contributed by atoms with van der Waals surface area (Å²) >= 11 is 0. The molecule has 0 bridgehead atoms. The summed E-state index contributed by atoms with van der Waals surface area (Å²) in [5.74, 6) is -0.352. The van der Waals surface area contributed by atoms with Crippen LogP contribution in [0.2, 0.25) is 0 Å². The van der Waals surface area contributed by atoms with Crippen molar-refractivity contribution in [3.8, 4) is 0 Å². The predicted molar refractivity (Wildman–Crippen MR) is 51.7 cm³/mol. The average Bonchev–Trinajstić information content (AvgIpc) is 2.12. The lowest BCUT2D eigenvalue weighted by molar-refractivity contribution is 0.0600. The molecule has 1 aromatic carbocycles. The van der Waals surface area contributed by atoms with Gasteiger partial charge in [0.15, 0.2) is 0 Å². The minimum absolute atomic E-state index is 0.352. The number of nitrogen functional groups attached to an aromatic ring is 1. The Morgan fingerprint density at radius 2 is 2.00 bits per heavy atom. The first-order valence-electron chi connectivity index (χ1n) is 4.01. The van der Waals surface area contributed by atoms with Crippen LogP contribution in [0, 0.1) is 13.8 Å². The number of ether oxygens (including phenoxy) is 1. The number of hydrogen-bond donors (Lipinski definition) is 1. The molecule has 0 saturated carbocycles. The quantitative estimate of drug-likeness (QED) is 0.527. The Hall–Kier alpha value is -1.51. The maximum Gasteiger partial charge on any atom is 0.337 e. The first-order chi connectivity index (χ1) is 6.06. The highest BCUT2D eigenvalue weighted by Crippen LogP contribution is 2.18. The van der Waals surface area contributed by atoms with Crippen molar-refractivity contribution >= 4 is 11.7 Å². The van der Waals surface area contributed by atoms with E-state index in [0.29, 0.717) is 11.3 Å².